The summed E-state index contributed by atoms with van der Waals surface area (Å²) in [6.45, 7) is 2.00. The average molecular weight is 385 g/mol. The van der Waals surface area contributed by atoms with Gasteiger partial charge in [0.1, 0.15) is 0 Å². The molecule has 0 aliphatic rings. The summed E-state index contributed by atoms with van der Waals surface area (Å²) in [5.41, 5.74) is 2.82. The number of nitrogens with zero attached hydrogens (tertiary/aromatic N) is 1. The number of rotatable bonds is 4. The van der Waals surface area contributed by atoms with Crippen LogP contribution in [0.1, 0.15) is 15.9 Å². The Hall–Kier alpha value is -3.24. The molecule has 1 aromatic heterocycles. The van der Waals surface area contributed by atoms with Crippen LogP contribution in [0, 0.1) is 6.92 Å². The quantitative estimate of drug-likeness (QED) is 0.437. The van der Waals surface area contributed by atoms with Crippen LogP contribution in [0.4, 0.5) is 0 Å². The van der Waals surface area contributed by atoms with Crippen molar-refractivity contribution < 1.29 is 9.00 Å². The molecule has 0 spiro atoms. The van der Waals surface area contributed by atoms with Crippen molar-refractivity contribution in [3.05, 3.63) is 102 Å². The predicted molar refractivity (Wildman–Crippen MR) is 114 cm³/mol. The zero-order valence-corrected chi connectivity index (χ0v) is 16.2. The Balaban J connectivity index is 1.74. The minimum Gasteiger partial charge on any atom is -0.282 e. The SMILES string of the molecule is Cc1ccc(S(=O)c2cn(C(=O)/C=C/c3ccccc3)c3ccccc23)cc1. The summed E-state index contributed by atoms with van der Waals surface area (Å²) >= 11 is 0. The fourth-order valence-corrected chi connectivity index (χ4v) is 4.29. The van der Waals surface area contributed by atoms with Crippen LogP contribution in [0.25, 0.3) is 17.0 Å². The summed E-state index contributed by atoms with van der Waals surface area (Å²) in [6, 6.07) is 24.9. The highest BCUT2D eigenvalue weighted by Gasteiger charge is 2.17. The minimum absolute atomic E-state index is 0.174. The van der Waals surface area contributed by atoms with E-state index in [4.69, 9.17) is 0 Å². The molecule has 0 saturated carbocycles. The van der Waals surface area contributed by atoms with Crippen molar-refractivity contribution in [3.63, 3.8) is 0 Å². The third-order valence-electron chi connectivity index (χ3n) is 4.57. The van der Waals surface area contributed by atoms with Gasteiger partial charge in [-0.25, -0.2) is 4.21 Å². The number of hydrogen-bond acceptors (Lipinski definition) is 2. The van der Waals surface area contributed by atoms with Gasteiger partial charge in [0.2, 0.25) is 0 Å². The molecule has 1 atom stereocenters. The normalized spacial score (nSPS) is 12.5. The summed E-state index contributed by atoms with van der Waals surface area (Å²) in [7, 11) is -1.36. The Kier molecular flexibility index (Phi) is 5.04. The minimum atomic E-state index is -1.36. The maximum Gasteiger partial charge on any atom is 0.255 e. The summed E-state index contributed by atoms with van der Waals surface area (Å²) in [5, 5.41) is 0.822. The van der Waals surface area contributed by atoms with Crippen LogP contribution < -0.4 is 0 Å². The number of carbonyl (C=O) groups excluding carboxylic acids is 1. The second kappa shape index (κ2) is 7.79. The zero-order chi connectivity index (χ0) is 19.5. The van der Waals surface area contributed by atoms with E-state index in [9.17, 15) is 9.00 Å². The number of aryl methyl sites for hydroxylation is 1. The molecule has 0 aliphatic heterocycles. The molecule has 0 aliphatic carbocycles. The largest absolute Gasteiger partial charge is 0.282 e. The van der Waals surface area contributed by atoms with Crippen molar-refractivity contribution in [3.8, 4) is 0 Å². The first-order valence-corrected chi connectivity index (χ1v) is 10.1. The Morgan fingerprint density at radius 3 is 2.32 bits per heavy atom. The summed E-state index contributed by atoms with van der Waals surface area (Å²) in [6.07, 6.45) is 5.02. The maximum absolute atomic E-state index is 13.2. The summed E-state index contributed by atoms with van der Waals surface area (Å²) < 4.78 is 14.7. The molecule has 0 bridgehead atoms. The van der Waals surface area contributed by atoms with Crippen LogP contribution >= 0.6 is 0 Å². The second-order valence-corrected chi connectivity index (χ2v) is 7.99. The number of aromatic nitrogens is 1. The van der Waals surface area contributed by atoms with Crippen LogP contribution in [-0.2, 0) is 10.8 Å². The van der Waals surface area contributed by atoms with E-state index in [0.29, 0.717) is 4.90 Å². The highest BCUT2D eigenvalue weighted by molar-refractivity contribution is 7.85. The van der Waals surface area contributed by atoms with Crippen LogP contribution in [0.3, 0.4) is 0 Å². The molecule has 1 heterocycles. The molecule has 4 heteroatoms. The number of allylic oxidation sites excluding steroid dienone is 1. The molecule has 4 rings (SSSR count). The van der Waals surface area contributed by atoms with E-state index < -0.39 is 10.8 Å². The first-order valence-electron chi connectivity index (χ1n) is 8.99. The standard InChI is InChI=1S/C24H19NO2S/c1-18-11-14-20(15-12-18)28(27)23-17-25(22-10-6-5-9-21(22)23)24(26)16-13-19-7-3-2-4-8-19/h2-17H,1H3/b16-13+. The molecule has 3 aromatic carbocycles. The molecular weight excluding hydrogens is 366 g/mol. The Morgan fingerprint density at radius 2 is 1.57 bits per heavy atom. The van der Waals surface area contributed by atoms with Gasteiger partial charge in [-0.05, 0) is 36.8 Å². The second-order valence-electron chi connectivity index (χ2n) is 6.54. The van der Waals surface area contributed by atoms with Crippen molar-refractivity contribution in [2.45, 2.75) is 16.7 Å². The van der Waals surface area contributed by atoms with Crippen molar-refractivity contribution in [1.29, 1.82) is 0 Å². The van der Waals surface area contributed by atoms with Gasteiger partial charge < -0.3 is 0 Å². The topological polar surface area (TPSA) is 39.1 Å². The molecule has 0 radical (unpaired) electrons. The monoisotopic (exact) mass is 385 g/mol. The van der Waals surface area contributed by atoms with E-state index in [2.05, 4.69) is 0 Å². The Labute approximate surface area is 166 Å². The summed E-state index contributed by atoms with van der Waals surface area (Å²) in [4.78, 5) is 14.2. The number of benzene rings is 3. The van der Waals surface area contributed by atoms with Gasteiger partial charge in [0.15, 0.2) is 0 Å². The molecule has 3 nitrogen and oxygen atoms in total. The Bertz CT molecular complexity index is 1190. The fraction of sp³-hybridized carbons (Fsp3) is 0.0417. The van der Waals surface area contributed by atoms with E-state index in [1.807, 2.05) is 85.8 Å². The van der Waals surface area contributed by atoms with E-state index in [0.717, 1.165) is 26.9 Å². The lowest BCUT2D eigenvalue weighted by Crippen LogP contribution is -2.05. The average Bonchev–Trinajstić information content (AvgIpc) is 3.13. The van der Waals surface area contributed by atoms with Gasteiger partial charge in [0, 0.05) is 22.6 Å². The Morgan fingerprint density at radius 1 is 0.893 bits per heavy atom. The molecule has 1 unspecified atom stereocenters. The van der Waals surface area contributed by atoms with Crippen LogP contribution in [0.5, 0.6) is 0 Å². The van der Waals surface area contributed by atoms with Gasteiger partial charge in [-0.1, -0.05) is 66.2 Å². The highest BCUT2D eigenvalue weighted by atomic mass is 32.2. The number of carbonyl (C=O) groups is 1. The van der Waals surface area contributed by atoms with Crippen LogP contribution in [-0.4, -0.2) is 14.7 Å². The van der Waals surface area contributed by atoms with Gasteiger partial charge in [-0.2, -0.15) is 0 Å². The summed E-state index contributed by atoms with van der Waals surface area (Å²) in [5.74, 6) is -0.174. The lowest BCUT2D eigenvalue weighted by atomic mass is 10.2. The van der Waals surface area contributed by atoms with E-state index >= 15 is 0 Å². The molecule has 28 heavy (non-hydrogen) atoms. The number of fused-ring (bicyclic) bond motifs is 1. The fourth-order valence-electron chi connectivity index (χ4n) is 3.08. The molecule has 4 aromatic rings. The van der Waals surface area contributed by atoms with E-state index in [1.165, 1.54) is 0 Å². The highest BCUT2D eigenvalue weighted by Crippen LogP contribution is 2.28. The van der Waals surface area contributed by atoms with Gasteiger partial charge in [-0.3, -0.25) is 9.36 Å². The molecule has 0 fully saturated rings. The van der Waals surface area contributed by atoms with Gasteiger partial charge in [0.05, 0.1) is 21.2 Å². The third-order valence-corrected chi connectivity index (χ3v) is 5.99. The van der Waals surface area contributed by atoms with Gasteiger partial charge in [-0.15, -0.1) is 0 Å². The van der Waals surface area contributed by atoms with Crippen molar-refractivity contribution in [2.24, 2.45) is 0 Å². The van der Waals surface area contributed by atoms with Gasteiger partial charge in [0.25, 0.3) is 5.91 Å². The lowest BCUT2D eigenvalue weighted by Gasteiger charge is -2.01. The lowest BCUT2D eigenvalue weighted by molar-refractivity contribution is 0.0974. The zero-order valence-electron chi connectivity index (χ0n) is 15.4. The molecule has 0 N–H and O–H groups in total. The van der Waals surface area contributed by atoms with Crippen molar-refractivity contribution in [1.82, 2.24) is 4.57 Å². The van der Waals surface area contributed by atoms with Gasteiger partial charge >= 0.3 is 0 Å². The van der Waals surface area contributed by atoms with Crippen LogP contribution in [0.2, 0.25) is 0 Å². The number of hydrogen-bond donors (Lipinski definition) is 0. The molecule has 138 valence electrons. The van der Waals surface area contributed by atoms with E-state index in [1.54, 1.807) is 22.9 Å². The van der Waals surface area contributed by atoms with Crippen molar-refractivity contribution in [2.75, 3.05) is 0 Å². The molecule has 0 amide bonds. The first kappa shape index (κ1) is 18.1. The molecular formula is C24H19NO2S. The smallest absolute Gasteiger partial charge is 0.255 e. The number of para-hydroxylation sites is 1. The first-order chi connectivity index (χ1) is 13.6. The maximum atomic E-state index is 13.2. The predicted octanol–water partition coefficient (Wildman–Crippen LogP) is 5.47. The molecule has 0 saturated heterocycles. The van der Waals surface area contributed by atoms with E-state index in [-0.39, 0.29) is 5.91 Å². The van der Waals surface area contributed by atoms with Crippen molar-refractivity contribution >= 4 is 33.7 Å². The third kappa shape index (κ3) is 3.59. The van der Waals surface area contributed by atoms with Crippen LogP contribution in [0.15, 0.2) is 101 Å².